The first-order valence-corrected chi connectivity index (χ1v) is 4.81. The maximum atomic E-state index is 10.7. The molecule has 0 aliphatic rings. The first-order valence-electron chi connectivity index (χ1n) is 4.02. The number of aliphatic hydroxyl groups excluding tert-OH is 1. The van der Waals surface area contributed by atoms with Crippen LogP contribution in [0.5, 0.6) is 0 Å². The highest BCUT2D eigenvalue weighted by atomic mass is 79.9. The average Bonchev–Trinajstić information content (AvgIpc) is 2.14. The van der Waals surface area contributed by atoms with Crippen molar-refractivity contribution in [3.63, 3.8) is 0 Å². The molecule has 0 amide bonds. The molecular weight excluding hydrogens is 250 g/mol. The quantitative estimate of drug-likeness (QED) is 0.768. The second-order valence-corrected chi connectivity index (χ2v) is 3.60. The van der Waals surface area contributed by atoms with Gasteiger partial charge in [-0.2, -0.15) is 0 Å². The zero-order valence-electron chi connectivity index (χ0n) is 7.33. The Hall–Kier alpha value is -1.07. The number of aliphatic hydroxyl groups is 1. The zero-order chi connectivity index (χ0) is 10.6. The van der Waals surface area contributed by atoms with E-state index in [0.717, 1.165) is 0 Å². The normalized spacial score (nSPS) is 9.86. The van der Waals surface area contributed by atoms with E-state index in [-0.39, 0.29) is 12.2 Å². The third-order valence-electron chi connectivity index (χ3n) is 1.59. The highest BCUT2D eigenvalue weighted by Crippen LogP contribution is 2.19. The molecule has 5 heteroatoms. The predicted octanol–water partition coefficient (Wildman–Crippen LogP) is 1.55. The molecule has 0 heterocycles. The highest BCUT2D eigenvalue weighted by molar-refractivity contribution is 9.10. The second kappa shape index (κ2) is 4.97. The summed E-state index contributed by atoms with van der Waals surface area (Å²) in [6, 6.07) is 4.79. The monoisotopic (exact) mass is 259 g/mol. The molecule has 0 fully saturated rings. The molecule has 4 nitrogen and oxygen atoms in total. The smallest absolute Gasteiger partial charge is 0.335 e. The van der Waals surface area contributed by atoms with Gasteiger partial charge in [0.25, 0.3) is 0 Å². The largest absolute Gasteiger partial charge is 0.478 e. The van der Waals surface area contributed by atoms with Gasteiger partial charge in [-0.05, 0) is 18.2 Å². The summed E-state index contributed by atoms with van der Waals surface area (Å²) in [5, 5.41) is 20.2. The summed E-state index contributed by atoms with van der Waals surface area (Å²) in [6.45, 7) is 0.407. The van der Waals surface area contributed by atoms with E-state index < -0.39 is 5.97 Å². The van der Waals surface area contributed by atoms with Crippen molar-refractivity contribution in [3.05, 3.63) is 28.2 Å². The first-order chi connectivity index (χ1) is 6.63. The van der Waals surface area contributed by atoms with Gasteiger partial charge in [0, 0.05) is 16.7 Å². The lowest BCUT2D eigenvalue weighted by atomic mass is 10.2. The molecule has 1 aromatic rings. The van der Waals surface area contributed by atoms with Crippen molar-refractivity contribution in [1.29, 1.82) is 0 Å². The summed E-state index contributed by atoms with van der Waals surface area (Å²) in [5.74, 6) is -0.974. The Kier molecular flexibility index (Phi) is 3.91. The van der Waals surface area contributed by atoms with Gasteiger partial charge in [0.15, 0.2) is 0 Å². The Labute approximate surface area is 89.7 Å². The van der Waals surface area contributed by atoms with E-state index in [2.05, 4.69) is 21.2 Å². The molecular formula is C9H10BrNO3. The summed E-state index contributed by atoms with van der Waals surface area (Å²) in [6.07, 6.45) is 0. The summed E-state index contributed by atoms with van der Waals surface area (Å²) in [7, 11) is 0. The molecule has 0 radical (unpaired) electrons. The van der Waals surface area contributed by atoms with E-state index in [4.69, 9.17) is 10.2 Å². The van der Waals surface area contributed by atoms with Crippen LogP contribution in [0.4, 0.5) is 5.69 Å². The minimum Gasteiger partial charge on any atom is -0.478 e. The minimum atomic E-state index is -0.974. The summed E-state index contributed by atoms with van der Waals surface area (Å²) < 4.78 is 0.692. The number of anilines is 1. The summed E-state index contributed by atoms with van der Waals surface area (Å²) in [4.78, 5) is 10.7. The molecule has 0 unspecified atom stereocenters. The van der Waals surface area contributed by atoms with Crippen LogP contribution in [-0.4, -0.2) is 29.3 Å². The van der Waals surface area contributed by atoms with Gasteiger partial charge in [0.05, 0.1) is 12.2 Å². The van der Waals surface area contributed by atoms with Gasteiger partial charge in [0.2, 0.25) is 0 Å². The summed E-state index contributed by atoms with van der Waals surface area (Å²) in [5.41, 5.74) is 0.880. The Balaban J connectivity index is 2.89. The van der Waals surface area contributed by atoms with Gasteiger partial charge in [-0.3, -0.25) is 0 Å². The van der Waals surface area contributed by atoms with Crippen LogP contribution in [0.25, 0.3) is 0 Å². The lowest BCUT2D eigenvalue weighted by Gasteiger charge is -2.06. The fourth-order valence-corrected chi connectivity index (χ4v) is 1.51. The number of carboxylic acid groups (broad SMARTS) is 1. The number of halogens is 1. The number of nitrogens with one attached hydrogen (secondary N) is 1. The van der Waals surface area contributed by atoms with Crippen LogP contribution in [0, 0.1) is 0 Å². The fourth-order valence-electron chi connectivity index (χ4n) is 1.02. The van der Waals surface area contributed by atoms with E-state index in [1.54, 1.807) is 6.07 Å². The number of hydrogen-bond donors (Lipinski definition) is 3. The Morgan fingerprint density at radius 3 is 2.71 bits per heavy atom. The third-order valence-corrected chi connectivity index (χ3v) is 2.04. The molecule has 1 rings (SSSR count). The standard InChI is InChI=1S/C9H10BrNO3/c10-7-3-6(9(13)14)4-8(5-7)11-1-2-12/h3-5,11-12H,1-2H2,(H,13,14). The molecule has 76 valence electrons. The van der Waals surface area contributed by atoms with E-state index in [9.17, 15) is 4.79 Å². The van der Waals surface area contributed by atoms with Crippen molar-refractivity contribution in [2.45, 2.75) is 0 Å². The number of carboxylic acids is 1. The van der Waals surface area contributed by atoms with Gasteiger partial charge in [-0.1, -0.05) is 15.9 Å². The van der Waals surface area contributed by atoms with E-state index in [1.165, 1.54) is 12.1 Å². The van der Waals surface area contributed by atoms with E-state index >= 15 is 0 Å². The van der Waals surface area contributed by atoms with Crippen LogP contribution in [0.15, 0.2) is 22.7 Å². The van der Waals surface area contributed by atoms with Gasteiger partial charge in [-0.15, -0.1) is 0 Å². The molecule has 0 aliphatic heterocycles. The molecule has 0 atom stereocenters. The SMILES string of the molecule is O=C(O)c1cc(Br)cc(NCCO)c1. The molecule has 1 aromatic carbocycles. The van der Waals surface area contributed by atoms with Crippen LogP contribution >= 0.6 is 15.9 Å². The van der Waals surface area contributed by atoms with Crippen LogP contribution < -0.4 is 5.32 Å². The lowest BCUT2D eigenvalue weighted by molar-refractivity contribution is 0.0697. The molecule has 0 bridgehead atoms. The molecule has 14 heavy (non-hydrogen) atoms. The van der Waals surface area contributed by atoms with Crippen molar-refractivity contribution in [2.75, 3.05) is 18.5 Å². The molecule has 0 saturated carbocycles. The van der Waals surface area contributed by atoms with Gasteiger partial charge in [-0.25, -0.2) is 4.79 Å². The molecule has 0 aliphatic carbocycles. The number of benzene rings is 1. The van der Waals surface area contributed by atoms with Crippen LogP contribution in [0.1, 0.15) is 10.4 Å². The highest BCUT2D eigenvalue weighted by Gasteiger charge is 2.05. The fraction of sp³-hybridized carbons (Fsp3) is 0.222. The van der Waals surface area contributed by atoms with Gasteiger partial charge < -0.3 is 15.5 Å². The average molecular weight is 260 g/mol. The third kappa shape index (κ3) is 3.01. The number of aromatic carboxylic acids is 1. The molecule has 0 saturated heterocycles. The van der Waals surface area contributed by atoms with Crippen LogP contribution in [0.2, 0.25) is 0 Å². The minimum absolute atomic E-state index is 0.00885. The summed E-state index contributed by atoms with van der Waals surface area (Å²) >= 11 is 3.21. The second-order valence-electron chi connectivity index (χ2n) is 2.68. The first kappa shape index (κ1) is 11.0. The van der Waals surface area contributed by atoms with Crippen molar-refractivity contribution in [2.24, 2.45) is 0 Å². The number of carbonyl (C=O) groups is 1. The van der Waals surface area contributed by atoms with Crippen molar-refractivity contribution in [3.8, 4) is 0 Å². The maximum Gasteiger partial charge on any atom is 0.335 e. The van der Waals surface area contributed by atoms with Gasteiger partial charge >= 0.3 is 5.97 Å². The van der Waals surface area contributed by atoms with Crippen LogP contribution in [0.3, 0.4) is 0 Å². The number of rotatable bonds is 4. The Morgan fingerprint density at radius 2 is 2.14 bits per heavy atom. The lowest BCUT2D eigenvalue weighted by Crippen LogP contribution is -2.06. The zero-order valence-corrected chi connectivity index (χ0v) is 8.91. The Morgan fingerprint density at radius 1 is 1.43 bits per heavy atom. The van der Waals surface area contributed by atoms with Crippen molar-refractivity contribution >= 4 is 27.6 Å². The van der Waals surface area contributed by atoms with Gasteiger partial charge in [0.1, 0.15) is 0 Å². The van der Waals surface area contributed by atoms with Crippen molar-refractivity contribution < 1.29 is 15.0 Å². The topological polar surface area (TPSA) is 69.6 Å². The Bertz CT molecular complexity index is 341. The molecule has 3 N–H and O–H groups in total. The van der Waals surface area contributed by atoms with E-state index in [1.807, 2.05) is 0 Å². The predicted molar refractivity (Wildman–Crippen MR) is 56.7 cm³/mol. The molecule has 0 aromatic heterocycles. The maximum absolute atomic E-state index is 10.7. The van der Waals surface area contributed by atoms with Crippen LogP contribution in [-0.2, 0) is 0 Å². The molecule has 0 spiro atoms. The number of hydrogen-bond acceptors (Lipinski definition) is 3. The van der Waals surface area contributed by atoms with Crippen molar-refractivity contribution in [1.82, 2.24) is 0 Å². The van der Waals surface area contributed by atoms with E-state index in [0.29, 0.717) is 16.7 Å².